The smallest absolute Gasteiger partial charge is 0.214 e. The summed E-state index contributed by atoms with van der Waals surface area (Å²) in [6.07, 6.45) is 0. The summed E-state index contributed by atoms with van der Waals surface area (Å²) in [4.78, 5) is 12.9. The van der Waals surface area contributed by atoms with Crippen LogP contribution in [0.15, 0.2) is 41.6 Å². The molecule has 2 aromatic carbocycles. The van der Waals surface area contributed by atoms with Crippen LogP contribution >= 0.6 is 11.8 Å². The molecule has 0 aliphatic heterocycles. The first-order valence-corrected chi connectivity index (χ1v) is 9.61. The quantitative estimate of drug-likeness (QED) is 0.444. The highest BCUT2D eigenvalue weighted by Crippen LogP contribution is 2.31. The maximum atomic E-state index is 12.9. The third kappa shape index (κ3) is 4.01. The number of Topliss-reactive ketones (excluding diaryl/α,β-unsaturated/α-hetero) is 1. The maximum absolute atomic E-state index is 12.9. The first kappa shape index (κ1) is 19.9. The van der Waals surface area contributed by atoms with Crippen molar-refractivity contribution in [2.24, 2.45) is 0 Å². The van der Waals surface area contributed by atoms with Crippen LogP contribution in [0.1, 0.15) is 28.4 Å². The van der Waals surface area contributed by atoms with Crippen molar-refractivity contribution in [1.29, 1.82) is 0 Å². The van der Waals surface area contributed by atoms with E-state index in [1.807, 2.05) is 39.0 Å². The van der Waals surface area contributed by atoms with Gasteiger partial charge in [0.2, 0.25) is 5.16 Å². The Bertz CT molecular complexity index is 1000. The summed E-state index contributed by atoms with van der Waals surface area (Å²) in [7, 11) is 3.17. The molecule has 28 heavy (non-hydrogen) atoms. The van der Waals surface area contributed by atoms with Gasteiger partial charge in [-0.3, -0.25) is 4.79 Å². The average Bonchev–Trinajstić information content (AvgIpc) is 3.16. The van der Waals surface area contributed by atoms with E-state index in [9.17, 15) is 4.79 Å². The van der Waals surface area contributed by atoms with Crippen LogP contribution in [0.3, 0.4) is 0 Å². The fourth-order valence-electron chi connectivity index (χ4n) is 2.71. The van der Waals surface area contributed by atoms with Gasteiger partial charge in [0.1, 0.15) is 17.2 Å². The third-order valence-corrected chi connectivity index (χ3v) is 5.53. The Hall–Kier alpha value is -2.87. The van der Waals surface area contributed by atoms with Crippen molar-refractivity contribution in [3.63, 3.8) is 0 Å². The van der Waals surface area contributed by atoms with Crippen LogP contribution in [0, 0.1) is 13.8 Å². The number of ether oxygens (including phenoxy) is 2. The van der Waals surface area contributed by atoms with E-state index in [1.54, 1.807) is 37.1 Å². The van der Waals surface area contributed by atoms with E-state index in [0.717, 1.165) is 11.1 Å². The van der Waals surface area contributed by atoms with Crippen molar-refractivity contribution in [3.05, 3.63) is 53.1 Å². The molecule has 0 N–H and O–H groups in total. The Kier molecular flexibility index (Phi) is 5.99. The zero-order chi connectivity index (χ0) is 20.3. The molecule has 0 aliphatic carbocycles. The average molecular weight is 398 g/mol. The number of hydrogen-bond donors (Lipinski definition) is 0. The molecule has 0 amide bonds. The van der Waals surface area contributed by atoms with Crippen LogP contribution in [-0.4, -0.2) is 45.5 Å². The number of aryl methyl sites for hydroxylation is 2. The van der Waals surface area contributed by atoms with Gasteiger partial charge in [-0.1, -0.05) is 23.9 Å². The summed E-state index contributed by atoms with van der Waals surface area (Å²) in [6, 6.07) is 11.1. The minimum atomic E-state index is -0.358. The SMILES string of the molecule is COc1ccc(OC)c(-n2nnnc2SC(C)C(=O)c2ccc(C)c(C)c2)c1. The fraction of sp³-hybridized carbons (Fsp3) is 0.300. The zero-order valence-electron chi connectivity index (χ0n) is 16.5. The first-order chi connectivity index (χ1) is 13.4. The standard InChI is InChI=1S/C20H22N4O3S/c1-12-6-7-15(10-13(12)2)19(25)14(3)28-20-21-22-23-24(20)17-11-16(26-4)8-9-18(17)27-5/h6-11,14H,1-5H3. The second kappa shape index (κ2) is 8.43. The minimum absolute atomic E-state index is 0.0280. The van der Waals surface area contributed by atoms with Crippen molar-refractivity contribution >= 4 is 17.5 Å². The lowest BCUT2D eigenvalue weighted by Crippen LogP contribution is -2.15. The zero-order valence-corrected chi connectivity index (χ0v) is 17.3. The Morgan fingerprint density at radius 1 is 1.07 bits per heavy atom. The molecule has 7 nitrogen and oxygen atoms in total. The largest absolute Gasteiger partial charge is 0.497 e. The third-order valence-electron chi connectivity index (χ3n) is 4.50. The lowest BCUT2D eigenvalue weighted by molar-refractivity contribution is 0.0993. The molecule has 1 unspecified atom stereocenters. The molecule has 1 heterocycles. The molecule has 0 saturated heterocycles. The summed E-state index contributed by atoms with van der Waals surface area (Å²) in [5.74, 6) is 1.28. The highest BCUT2D eigenvalue weighted by Gasteiger charge is 2.22. The van der Waals surface area contributed by atoms with E-state index >= 15 is 0 Å². The van der Waals surface area contributed by atoms with E-state index in [0.29, 0.717) is 27.9 Å². The van der Waals surface area contributed by atoms with Crippen molar-refractivity contribution in [1.82, 2.24) is 20.2 Å². The number of rotatable bonds is 7. The van der Waals surface area contributed by atoms with Gasteiger partial charge < -0.3 is 9.47 Å². The molecule has 3 aromatic rings. The van der Waals surface area contributed by atoms with Crippen LogP contribution in [-0.2, 0) is 0 Å². The number of methoxy groups -OCH3 is 2. The summed E-state index contributed by atoms with van der Waals surface area (Å²) >= 11 is 1.30. The second-order valence-corrected chi connectivity index (χ2v) is 7.64. The predicted octanol–water partition coefficient (Wildman–Crippen LogP) is 3.66. The molecule has 0 aliphatic rings. The lowest BCUT2D eigenvalue weighted by atomic mass is 10.0. The van der Waals surface area contributed by atoms with E-state index in [-0.39, 0.29) is 11.0 Å². The van der Waals surface area contributed by atoms with E-state index < -0.39 is 0 Å². The summed E-state index contributed by atoms with van der Waals surface area (Å²) in [5.41, 5.74) is 3.57. The normalized spacial score (nSPS) is 11.9. The van der Waals surface area contributed by atoms with Gasteiger partial charge >= 0.3 is 0 Å². The molecule has 1 atom stereocenters. The molecular weight excluding hydrogens is 376 g/mol. The lowest BCUT2D eigenvalue weighted by Gasteiger charge is -2.13. The molecule has 8 heteroatoms. The Balaban J connectivity index is 1.88. The molecule has 0 spiro atoms. The number of hydrogen-bond acceptors (Lipinski definition) is 7. The van der Waals surface area contributed by atoms with Gasteiger partial charge in [0, 0.05) is 11.6 Å². The van der Waals surface area contributed by atoms with Crippen LogP contribution in [0.5, 0.6) is 11.5 Å². The van der Waals surface area contributed by atoms with Gasteiger partial charge in [-0.05, 0) is 60.5 Å². The van der Waals surface area contributed by atoms with E-state index in [4.69, 9.17) is 9.47 Å². The van der Waals surface area contributed by atoms with Crippen LogP contribution < -0.4 is 9.47 Å². The summed E-state index contributed by atoms with van der Waals surface area (Å²) in [5, 5.41) is 12.1. The predicted molar refractivity (Wildman–Crippen MR) is 108 cm³/mol. The number of aromatic nitrogens is 4. The molecule has 0 saturated carbocycles. The van der Waals surface area contributed by atoms with Gasteiger partial charge in [0.25, 0.3) is 0 Å². The minimum Gasteiger partial charge on any atom is -0.497 e. The van der Waals surface area contributed by atoms with Crippen LogP contribution in [0.2, 0.25) is 0 Å². The number of benzene rings is 2. The Morgan fingerprint density at radius 2 is 1.86 bits per heavy atom. The van der Waals surface area contributed by atoms with Crippen molar-refractivity contribution in [2.45, 2.75) is 31.2 Å². The number of ketones is 1. The van der Waals surface area contributed by atoms with Gasteiger partial charge in [-0.25, -0.2) is 0 Å². The molecule has 146 valence electrons. The molecule has 0 radical (unpaired) electrons. The molecule has 0 bridgehead atoms. The number of carbonyl (C=O) groups is 1. The van der Waals surface area contributed by atoms with Gasteiger partial charge in [0.15, 0.2) is 5.78 Å². The van der Waals surface area contributed by atoms with Crippen molar-refractivity contribution in [2.75, 3.05) is 14.2 Å². The monoisotopic (exact) mass is 398 g/mol. The van der Waals surface area contributed by atoms with Gasteiger partial charge in [-0.15, -0.1) is 5.10 Å². The fourth-order valence-corrected chi connectivity index (χ4v) is 3.58. The van der Waals surface area contributed by atoms with Crippen LogP contribution in [0.4, 0.5) is 0 Å². The highest BCUT2D eigenvalue weighted by molar-refractivity contribution is 8.00. The molecule has 1 aromatic heterocycles. The molecular formula is C20H22N4O3S. The number of thioether (sulfide) groups is 1. The van der Waals surface area contributed by atoms with Crippen molar-refractivity contribution in [3.8, 4) is 17.2 Å². The Labute approximate surface area is 168 Å². The van der Waals surface area contributed by atoms with Gasteiger partial charge in [0.05, 0.1) is 19.5 Å². The summed E-state index contributed by atoms with van der Waals surface area (Å²) < 4.78 is 12.3. The summed E-state index contributed by atoms with van der Waals surface area (Å²) in [6.45, 7) is 5.88. The number of tetrazole rings is 1. The number of nitrogens with zero attached hydrogens (tertiary/aromatic N) is 4. The maximum Gasteiger partial charge on any atom is 0.214 e. The topological polar surface area (TPSA) is 79.1 Å². The second-order valence-electron chi connectivity index (χ2n) is 6.33. The Morgan fingerprint density at radius 3 is 2.54 bits per heavy atom. The van der Waals surface area contributed by atoms with Gasteiger partial charge in [-0.2, -0.15) is 4.68 Å². The number of carbonyl (C=O) groups excluding carboxylic acids is 1. The van der Waals surface area contributed by atoms with E-state index in [2.05, 4.69) is 15.5 Å². The van der Waals surface area contributed by atoms with E-state index in [1.165, 1.54) is 11.8 Å². The first-order valence-electron chi connectivity index (χ1n) is 8.73. The molecule has 0 fully saturated rings. The highest BCUT2D eigenvalue weighted by atomic mass is 32.2. The van der Waals surface area contributed by atoms with Crippen molar-refractivity contribution < 1.29 is 14.3 Å². The van der Waals surface area contributed by atoms with Crippen LogP contribution in [0.25, 0.3) is 5.69 Å². The molecule has 3 rings (SSSR count).